The molecule has 2 aromatic carbocycles. The van der Waals surface area contributed by atoms with Crippen LogP contribution in [0.5, 0.6) is 11.5 Å². The number of hydrogen-bond donors (Lipinski definition) is 1. The highest BCUT2D eigenvalue weighted by molar-refractivity contribution is 8.00. The van der Waals surface area contributed by atoms with E-state index in [9.17, 15) is 4.79 Å². The first-order valence-corrected chi connectivity index (χ1v) is 10.1. The first-order valence-electron chi connectivity index (χ1n) is 9.21. The number of rotatable bonds is 8. The van der Waals surface area contributed by atoms with Crippen molar-refractivity contribution >= 4 is 23.4 Å². The lowest BCUT2D eigenvalue weighted by molar-refractivity contribution is -0.115. The van der Waals surface area contributed by atoms with Crippen LogP contribution in [0.15, 0.2) is 66.0 Å². The normalized spacial score (nSPS) is 11.6. The maximum absolute atomic E-state index is 12.9. The van der Waals surface area contributed by atoms with Gasteiger partial charge < -0.3 is 14.8 Å². The zero-order valence-corrected chi connectivity index (χ0v) is 17.4. The van der Waals surface area contributed by atoms with Crippen LogP contribution in [0.2, 0.25) is 0 Å². The van der Waals surface area contributed by atoms with Crippen LogP contribution in [0.4, 0.5) is 5.69 Å². The minimum Gasteiger partial charge on any atom is -0.497 e. The smallest absolute Gasteiger partial charge is 0.238 e. The van der Waals surface area contributed by atoms with E-state index in [2.05, 4.69) is 15.3 Å². The first-order chi connectivity index (χ1) is 14.1. The molecule has 0 spiro atoms. The van der Waals surface area contributed by atoms with Gasteiger partial charge in [0.1, 0.15) is 22.9 Å². The van der Waals surface area contributed by atoms with E-state index < -0.39 is 0 Å². The fourth-order valence-corrected chi connectivity index (χ4v) is 3.68. The summed E-state index contributed by atoms with van der Waals surface area (Å²) in [5.74, 6) is 1.10. The molecular weight excluding hydrogens is 386 g/mol. The quantitative estimate of drug-likeness (QED) is 0.430. The number of anilines is 1. The Hall–Kier alpha value is -3.06. The lowest BCUT2D eigenvalue weighted by atomic mass is 10.1. The van der Waals surface area contributed by atoms with Gasteiger partial charge >= 0.3 is 0 Å². The van der Waals surface area contributed by atoms with Crippen molar-refractivity contribution in [3.05, 3.63) is 60.9 Å². The molecule has 150 valence electrons. The Morgan fingerprint density at radius 1 is 1.07 bits per heavy atom. The number of amides is 1. The molecule has 6 nitrogen and oxygen atoms in total. The largest absolute Gasteiger partial charge is 0.497 e. The van der Waals surface area contributed by atoms with Gasteiger partial charge in [-0.05, 0) is 24.6 Å². The van der Waals surface area contributed by atoms with Gasteiger partial charge in [-0.1, -0.05) is 49.0 Å². The summed E-state index contributed by atoms with van der Waals surface area (Å²) in [6.07, 6.45) is 2.17. The van der Waals surface area contributed by atoms with Crippen LogP contribution in [0.1, 0.15) is 13.3 Å². The van der Waals surface area contributed by atoms with Crippen molar-refractivity contribution < 1.29 is 14.3 Å². The number of methoxy groups -OCH3 is 2. The maximum atomic E-state index is 12.9. The van der Waals surface area contributed by atoms with Gasteiger partial charge in [-0.15, -0.1) is 0 Å². The molecule has 0 aliphatic rings. The number of carbonyl (C=O) groups is 1. The molecule has 1 unspecified atom stereocenters. The lowest BCUT2D eigenvalue weighted by Gasteiger charge is -2.16. The minimum atomic E-state index is -0.315. The van der Waals surface area contributed by atoms with Crippen LogP contribution in [0.3, 0.4) is 0 Å². The van der Waals surface area contributed by atoms with E-state index in [0.29, 0.717) is 23.6 Å². The zero-order chi connectivity index (χ0) is 20.6. The monoisotopic (exact) mass is 409 g/mol. The summed E-state index contributed by atoms with van der Waals surface area (Å²) in [6, 6.07) is 17.1. The van der Waals surface area contributed by atoms with E-state index in [-0.39, 0.29) is 11.2 Å². The summed E-state index contributed by atoms with van der Waals surface area (Å²) < 4.78 is 10.6. The molecule has 1 heterocycles. The van der Waals surface area contributed by atoms with Crippen molar-refractivity contribution in [3.63, 3.8) is 0 Å². The average molecular weight is 410 g/mol. The maximum Gasteiger partial charge on any atom is 0.238 e. The standard InChI is InChI=1S/C22H23N3O3S/c1-4-20(22(26)25-18-12-16(27-2)10-11-19(18)28-3)29-21-13-17(23-14-24-21)15-8-6-5-7-9-15/h5-14,20H,4H2,1-3H3,(H,25,26). The Kier molecular flexibility index (Phi) is 7.08. The molecule has 0 saturated carbocycles. The van der Waals surface area contributed by atoms with Crippen LogP contribution >= 0.6 is 11.8 Å². The molecule has 0 radical (unpaired) electrons. The van der Waals surface area contributed by atoms with Gasteiger partial charge in [-0.25, -0.2) is 9.97 Å². The molecule has 0 aliphatic carbocycles. The molecule has 29 heavy (non-hydrogen) atoms. The van der Waals surface area contributed by atoms with Crippen molar-refractivity contribution in [3.8, 4) is 22.8 Å². The van der Waals surface area contributed by atoms with Crippen molar-refractivity contribution in [1.82, 2.24) is 9.97 Å². The molecule has 1 amide bonds. The third kappa shape index (κ3) is 5.26. The third-order valence-corrected chi connectivity index (χ3v) is 5.60. The highest BCUT2D eigenvalue weighted by Crippen LogP contribution is 2.31. The number of benzene rings is 2. The van der Waals surface area contributed by atoms with Crippen molar-refractivity contribution in [2.75, 3.05) is 19.5 Å². The van der Waals surface area contributed by atoms with E-state index >= 15 is 0 Å². The zero-order valence-electron chi connectivity index (χ0n) is 16.6. The third-order valence-electron chi connectivity index (χ3n) is 4.30. The van der Waals surface area contributed by atoms with Gasteiger partial charge in [0.05, 0.1) is 30.9 Å². The highest BCUT2D eigenvalue weighted by Gasteiger charge is 2.21. The number of carbonyl (C=O) groups excluding carboxylic acids is 1. The first kappa shape index (κ1) is 20.7. The second-order valence-electron chi connectivity index (χ2n) is 6.18. The average Bonchev–Trinajstić information content (AvgIpc) is 2.78. The molecule has 7 heteroatoms. The Bertz CT molecular complexity index is 967. The van der Waals surface area contributed by atoms with Gasteiger partial charge in [0.15, 0.2) is 0 Å². The van der Waals surface area contributed by atoms with Gasteiger partial charge in [0.25, 0.3) is 0 Å². The predicted molar refractivity (Wildman–Crippen MR) is 116 cm³/mol. The summed E-state index contributed by atoms with van der Waals surface area (Å²) in [6.45, 7) is 1.97. The predicted octanol–water partition coefficient (Wildman–Crippen LogP) is 4.67. The van der Waals surface area contributed by atoms with E-state index in [1.807, 2.05) is 43.3 Å². The van der Waals surface area contributed by atoms with Crippen molar-refractivity contribution in [1.29, 1.82) is 0 Å². The van der Waals surface area contributed by atoms with Crippen LogP contribution in [0.25, 0.3) is 11.3 Å². The Balaban J connectivity index is 1.76. The SMILES string of the molecule is CCC(Sc1cc(-c2ccccc2)ncn1)C(=O)Nc1cc(OC)ccc1OC. The Morgan fingerprint density at radius 2 is 1.86 bits per heavy atom. The van der Waals surface area contributed by atoms with Crippen LogP contribution < -0.4 is 14.8 Å². The van der Waals surface area contributed by atoms with E-state index in [4.69, 9.17) is 9.47 Å². The lowest BCUT2D eigenvalue weighted by Crippen LogP contribution is -2.25. The molecular formula is C22H23N3O3S. The number of aromatic nitrogens is 2. The van der Waals surface area contributed by atoms with Gasteiger partial charge in [0, 0.05) is 11.6 Å². The molecule has 1 aromatic heterocycles. The summed E-state index contributed by atoms with van der Waals surface area (Å²) in [7, 11) is 3.15. The van der Waals surface area contributed by atoms with Gasteiger partial charge in [0.2, 0.25) is 5.91 Å². The molecule has 0 fully saturated rings. The van der Waals surface area contributed by atoms with E-state index in [0.717, 1.165) is 16.3 Å². The minimum absolute atomic E-state index is 0.121. The van der Waals surface area contributed by atoms with E-state index in [1.54, 1.807) is 32.4 Å². The van der Waals surface area contributed by atoms with Gasteiger partial charge in [-0.3, -0.25) is 4.79 Å². The molecule has 0 aliphatic heterocycles. The Morgan fingerprint density at radius 3 is 2.55 bits per heavy atom. The molecule has 1 atom stereocenters. The topological polar surface area (TPSA) is 73.3 Å². The molecule has 0 bridgehead atoms. The second-order valence-corrected chi connectivity index (χ2v) is 7.40. The second kappa shape index (κ2) is 9.93. The number of hydrogen-bond acceptors (Lipinski definition) is 6. The molecule has 3 aromatic rings. The number of thioether (sulfide) groups is 1. The van der Waals surface area contributed by atoms with Crippen LogP contribution in [0, 0.1) is 0 Å². The van der Waals surface area contributed by atoms with Crippen LogP contribution in [-0.2, 0) is 4.79 Å². The highest BCUT2D eigenvalue weighted by atomic mass is 32.2. The number of ether oxygens (including phenoxy) is 2. The van der Waals surface area contributed by atoms with Crippen molar-refractivity contribution in [2.24, 2.45) is 0 Å². The molecule has 0 saturated heterocycles. The summed E-state index contributed by atoms with van der Waals surface area (Å²) >= 11 is 1.41. The summed E-state index contributed by atoms with van der Waals surface area (Å²) in [5, 5.41) is 3.38. The number of nitrogens with one attached hydrogen (secondary N) is 1. The summed E-state index contributed by atoms with van der Waals surface area (Å²) in [4.78, 5) is 21.6. The summed E-state index contributed by atoms with van der Waals surface area (Å²) in [5.41, 5.74) is 2.41. The Labute approximate surface area is 174 Å². The van der Waals surface area contributed by atoms with Crippen LogP contribution in [-0.4, -0.2) is 35.3 Å². The fraction of sp³-hybridized carbons (Fsp3) is 0.227. The number of nitrogens with zero attached hydrogens (tertiary/aromatic N) is 2. The molecule has 3 rings (SSSR count). The fourth-order valence-electron chi connectivity index (χ4n) is 2.76. The van der Waals surface area contributed by atoms with E-state index in [1.165, 1.54) is 18.1 Å². The van der Waals surface area contributed by atoms with Gasteiger partial charge in [-0.2, -0.15) is 0 Å². The molecule has 1 N–H and O–H groups in total. The van der Waals surface area contributed by atoms with Crippen molar-refractivity contribution in [2.45, 2.75) is 23.6 Å².